The molecule has 0 bridgehead atoms. The van der Waals surface area contributed by atoms with Crippen LogP contribution in [0.5, 0.6) is 5.75 Å². The molecule has 0 amide bonds. The van der Waals surface area contributed by atoms with Gasteiger partial charge in [0.05, 0.1) is 5.56 Å². The number of hydrogen-bond acceptors (Lipinski definition) is 4. The molecule has 0 aliphatic heterocycles. The zero-order chi connectivity index (χ0) is 20.1. The zero-order valence-corrected chi connectivity index (χ0v) is 16.0. The molecular formula is C21H19F3O3S. The lowest BCUT2D eigenvalue weighted by Gasteiger charge is -2.13. The van der Waals surface area contributed by atoms with Gasteiger partial charge in [-0.2, -0.15) is 0 Å². The first-order valence-corrected chi connectivity index (χ1v) is 9.80. The summed E-state index contributed by atoms with van der Waals surface area (Å²) in [6, 6.07) is 11.7. The van der Waals surface area contributed by atoms with Crippen LogP contribution in [0.3, 0.4) is 0 Å². The quantitative estimate of drug-likeness (QED) is 0.228. The highest BCUT2D eigenvalue weighted by Gasteiger charge is 2.32. The number of alkyl halides is 3. The molecule has 148 valence electrons. The third-order valence-corrected chi connectivity index (χ3v) is 4.90. The average Bonchev–Trinajstić information content (AvgIpc) is 3.04. The van der Waals surface area contributed by atoms with Crippen LogP contribution >= 0.6 is 11.8 Å². The van der Waals surface area contributed by atoms with E-state index in [2.05, 4.69) is 11.7 Å². The minimum atomic E-state index is -4.80. The summed E-state index contributed by atoms with van der Waals surface area (Å²) in [4.78, 5) is 11.3. The Kier molecular flexibility index (Phi) is 6.34. The first kappa shape index (κ1) is 20.3. The normalized spacial score (nSPS) is 11.7. The molecule has 0 unspecified atom stereocenters. The number of rotatable bonds is 8. The average molecular weight is 408 g/mol. The fraction of sp³-hybridized carbons (Fsp3) is 0.286. The molecule has 7 heteroatoms. The van der Waals surface area contributed by atoms with Crippen LogP contribution in [0, 0.1) is 0 Å². The van der Waals surface area contributed by atoms with Crippen LogP contribution in [-0.4, -0.2) is 12.0 Å². The third-order valence-electron chi connectivity index (χ3n) is 4.28. The van der Waals surface area contributed by atoms with Gasteiger partial charge in [-0.1, -0.05) is 37.6 Å². The highest BCUT2D eigenvalue weighted by Crippen LogP contribution is 2.38. The van der Waals surface area contributed by atoms with Crippen LogP contribution in [0.25, 0.3) is 22.3 Å². The highest BCUT2D eigenvalue weighted by atomic mass is 32.2. The van der Waals surface area contributed by atoms with Crippen molar-refractivity contribution >= 4 is 28.3 Å². The van der Waals surface area contributed by atoms with E-state index < -0.39 is 6.36 Å². The predicted octanol–water partition coefficient (Wildman–Crippen LogP) is 7.01. The Labute approximate surface area is 164 Å². The predicted molar refractivity (Wildman–Crippen MR) is 104 cm³/mol. The van der Waals surface area contributed by atoms with E-state index in [1.807, 2.05) is 0 Å². The van der Waals surface area contributed by atoms with Gasteiger partial charge in [0.2, 0.25) is 0 Å². The number of thioether (sulfide) groups is 1. The number of benzene rings is 2. The summed E-state index contributed by atoms with van der Waals surface area (Å²) in [7, 11) is 0. The maximum Gasteiger partial charge on any atom is 0.573 e. The number of hydrogen-bond donors (Lipinski definition) is 0. The van der Waals surface area contributed by atoms with E-state index in [0.29, 0.717) is 22.5 Å². The highest BCUT2D eigenvalue weighted by molar-refractivity contribution is 8.11. The van der Waals surface area contributed by atoms with E-state index in [-0.39, 0.29) is 17.1 Å². The third kappa shape index (κ3) is 5.10. The second-order valence-corrected chi connectivity index (χ2v) is 7.26. The molecular weight excluding hydrogens is 389 g/mol. The fourth-order valence-corrected chi connectivity index (χ4v) is 3.42. The van der Waals surface area contributed by atoms with Crippen molar-refractivity contribution in [3.8, 4) is 17.1 Å². The van der Waals surface area contributed by atoms with Crippen molar-refractivity contribution in [1.82, 2.24) is 0 Å². The maximum atomic E-state index is 12.9. The topological polar surface area (TPSA) is 39.4 Å². The zero-order valence-electron chi connectivity index (χ0n) is 15.2. The van der Waals surface area contributed by atoms with Gasteiger partial charge in [0.15, 0.2) is 5.62 Å². The molecule has 1 aromatic heterocycles. The van der Waals surface area contributed by atoms with Gasteiger partial charge in [0, 0.05) is 10.3 Å². The first-order chi connectivity index (χ1) is 13.4. The molecule has 0 aliphatic rings. The Hall–Kier alpha value is -2.41. The summed E-state index contributed by atoms with van der Waals surface area (Å²) < 4.78 is 48.8. The molecule has 3 rings (SSSR count). The van der Waals surface area contributed by atoms with E-state index in [0.717, 1.165) is 42.0 Å². The molecule has 0 N–H and O–H groups in total. The monoisotopic (exact) mass is 408 g/mol. The molecule has 3 nitrogen and oxygen atoms in total. The molecule has 1 heterocycles. The molecule has 0 fully saturated rings. The minimum Gasteiger partial charge on any atom is -0.456 e. The molecule has 0 spiro atoms. The number of unbranched alkanes of at least 4 members (excludes halogenated alkanes) is 2. The number of fused-ring (bicyclic) bond motifs is 1. The lowest BCUT2D eigenvalue weighted by Crippen LogP contribution is -2.17. The molecule has 2 aromatic carbocycles. The Morgan fingerprint density at radius 3 is 2.64 bits per heavy atom. The molecule has 28 heavy (non-hydrogen) atoms. The Morgan fingerprint density at radius 1 is 1.11 bits per heavy atom. The summed E-state index contributed by atoms with van der Waals surface area (Å²) >= 11 is 1.00. The van der Waals surface area contributed by atoms with Gasteiger partial charge in [-0.05, 0) is 54.8 Å². The number of halogens is 3. The van der Waals surface area contributed by atoms with Crippen molar-refractivity contribution in [1.29, 1.82) is 0 Å². The lowest BCUT2D eigenvalue weighted by molar-refractivity contribution is -0.274. The summed E-state index contributed by atoms with van der Waals surface area (Å²) in [6.07, 6.45) is -1.15. The smallest absolute Gasteiger partial charge is 0.456 e. The van der Waals surface area contributed by atoms with E-state index in [1.54, 1.807) is 36.4 Å². The number of ether oxygens (including phenoxy) is 1. The van der Waals surface area contributed by atoms with E-state index in [1.165, 1.54) is 6.07 Å². The van der Waals surface area contributed by atoms with Gasteiger partial charge >= 0.3 is 6.36 Å². The fourth-order valence-electron chi connectivity index (χ4n) is 2.99. The molecule has 0 radical (unpaired) electrons. The van der Waals surface area contributed by atoms with Crippen molar-refractivity contribution < 1.29 is 27.1 Å². The molecule has 0 saturated heterocycles. The second kappa shape index (κ2) is 8.73. The van der Waals surface area contributed by atoms with Crippen molar-refractivity contribution in [2.45, 2.75) is 43.9 Å². The van der Waals surface area contributed by atoms with Crippen molar-refractivity contribution in [2.24, 2.45) is 0 Å². The maximum absolute atomic E-state index is 12.9. The standard InChI is InChI=1S/C21H19F3O3S/c1-2-3-4-5-14-6-9-17(20(10-14)27-21(22,23)24)19-11-15-7-8-16(28-13-25)12-18(15)26-19/h6-13H,2-5H2,1H3. The van der Waals surface area contributed by atoms with Gasteiger partial charge in [-0.15, -0.1) is 13.2 Å². The van der Waals surface area contributed by atoms with Crippen molar-refractivity contribution in [3.05, 3.63) is 48.0 Å². The Morgan fingerprint density at radius 2 is 1.93 bits per heavy atom. The van der Waals surface area contributed by atoms with Crippen molar-refractivity contribution in [3.63, 3.8) is 0 Å². The molecule has 0 atom stereocenters. The number of carbonyl (C=O) groups excluding carboxylic acids is 1. The lowest BCUT2D eigenvalue weighted by atomic mass is 10.0. The Balaban J connectivity index is 1.98. The van der Waals surface area contributed by atoms with Gasteiger partial charge in [-0.25, -0.2) is 0 Å². The number of furan rings is 1. The SMILES string of the molecule is CCCCCc1ccc(-c2cc3ccc(SC=O)cc3o2)c(OC(F)(F)F)c1. The summed E-state index contributed by atoms with van der Waals surface area (Å²) in [5, 5.41) is 0.732. The Bertz CT molecular complexity index is 963. The van der Waals surface area contributed by atoms with Gasteiger partial charge in [0.1, 0.15) is 17.1 Å². The molecule has 0 aliphatic carbocycles. The van der Waals surface area contributed by atoms with Crippen molar-refractivity contribution in [2.75, 3.05) is 0 Å². The van der Waals surface area contributed by atoms with E-state index >= 15 is 0 Å². The van der Waals surface area contributed by atoms with Gasteiger partial charge in [0.25, 0.3) is 0 Å². The van der Waals surface area contributed by atoms with Crippen LogP contribution in [0.4, 0.5) is 13.2 Å². The van der Waals surface area contributed by atoms with Crippen LogP contribution in [0.15, 0.2) is 51.8 Å². The van der Waals surface area contributed by atoms with Crippen LogP contribution in [0.1, 0.15) is 31.7 Å². The number of aryl methyl sites for hydroxylation is 1. The largest absolute Gasteiger partial charge is 0.573 e. The van der Waals surface area contributed by atoms with Gasteiger partial charge < -0.3 is 9.15 Å². The summed E-state index contributed by atoms with van der Waals surface area (Å²) in [5.41, 5.74) is 2.22. The van der Waals surface area contributed by atoms with E-state index in [9.17, 15) is 18.0 Å². The van der Waals surface area contributed by atoms with E-state index in [4.69, 9.17) is 4.42 Å². The van der Waals surface area contributed by atoms with Crippen LogP contribution < -0.4 is 4.74 Å². The van der Waals surface area contributed by atoms with Gasteiger partial charge in [-0.3, -0.25) is 4.79 Å². The second-order valence-electron chi connectivity index (χ2n) is 6.36. The molecule has 0 saturated carbocycles. The minimum absolute atomic E-state index is 0.234. The number of carbonyl (C=O) groups is 1. The summed E-state index contributed by atoms with van der Waals surface area (Å²) in [6.45, 7) is 2.07. The van der Waals surface area contributed by atoms with Crippen LogP contribution in [0.2, 0.25) is 0 Å². The van der Waals surface area contributed by atoms with Crippen LogP contribution in [-0.2, 0) is 11.2 Å². The first-order valence-electron chi connectivity index (χ1n) is 8.92. The summed E-state index contributed by atoms with van der Waals surface area (Å²) in [5.74, 6) is 0.00524. The molecule has 3 aromatic rings.